The minimum atomic E-state index is -0.959. The van der Waals surface area contributed by atoms with E-state index in [4.69, 9.17) is 32.9 Å². The van der Waals surface area contributed by atoms with Crippen LogP contribution in [0.25, 0.3) is 5.82 Å². The normalized spacial score (nSPS) is 16.8. The third kappa shape index (κ3) is 7.25. The van der Waals surface area contributed by atoms with Crippen molar-refractivity contribution in [1.82, 2.24) is 34.8 Å². The maximum absolute atomic E-state index is 13.5. The molecule has 0 aliphatic carbocycles. The van der Waals surface area contributed by atoms with Crippen molar-refractivity contribution < 1.29 is 9.84 Å². The average Bonchev–Trinajstić information content (AvgIpc) is 3.09. The number of piperidine rings is 1. The molecule has 0 atom stereocenters. The number of nitrogens with zero attached hydrogens (tertiary/aromatic N) is 8. The lowest BCUT2D eigenvalue weighted by molar-refractivity contribution is 0.0162. The molecule has 0 radical (unpaired) electrons. The molecule has 0 aromatic carbocycles. The Kier molecular flexibility index (Phi) is 10.4. The van der Waals surface area contributed by atoms with Crippen LogP contribution >= 0.6 is 23.2 Å². The number of aryl methyl sites for hydroxylation is 1. The van der Waals surface area contributed by atoms with Gasteiger partial charge in [-0.2, -0.15) is 14.9 Å². The Bertz CT molecular complexity index is 1870. The third-order valence-electron chi connectivity index (χ3n) is 9.21. The number of rotatable bonds is 10. The zero-order chi connectivity index (χ0) is 33.8. The fourth-order valence-electron chi connectivity index (χ4n) is 6.47. The number of hydrogen-bond donors (Lipinski definition) is 2. The lowest BCUT2D eigenvalue weighted by Crippen LogP contribution is -2.46. The Morgan fingerprint density at radius 2 is 1.67 bits per heavy atom. The van der Waals surface area contributed by atoms with Gasteiger partial charge in [0, 0.05) is 71.2 Å². The molecule has 0 bridgehead atoms. The quantitative estimate of drug-likeness (QED) is 0.253. The van der Waals surface area contributed by atoms with E-state index < -0.39 is 16.7 Å². The van der Waals surface area contributed by atoms with Crippen LogP contribution in [-0.4, -0.2) is 91.9 Å². The zero-order valence-corrected chi connectivity index (χ0v) is 28.5. The first-order chi connectivity index (χ1) is 23.2. The summed E-state index contributed by atoms with van der Waals surface area (Å²) in [5, 5.41) is 22.4. The molecule has 2 fully saturated rings. The molecule has 48 heavy (non-hydrogen) atoms. The van der Waals surface area contributed by atoms with Crippen molar-refractivity contribution in [2.45, 2.75) is 51.4 Å². The molecular weight excluding hydrogens is 657 g/mol. The molecule has 6 rings (SSSR count). The van der Waals surface area contributed by atoms with Gasteiger partial charge in [-0.15, -0.1) is 0 Å². The number of hydrogen-bond acceptors (Lipinski definition) is 11. The molecular formula is C33H39Cl2N9O4. The van der Waals surface area contributed by atoms with Crippen LogP contribution in [0.3, 0.4) is 0 Å². The molecule has 0 unspecified atom stereocenters. The van der Waals surface area contributed by atoms with E-state index >= 15 is 0 Å². The van der Waals surface area contributed by atoms with Gasteiger partial charge in [0.15, 0.2) is 5.82 Å². The number of pyridine rings is 2. The Labute approximate surface area is 288 Å². The number of nitrogens with one attached hydrogen (secondary N) is 1. The van der Waals surface area contributed by atoms with Crippen molar-refractivity contribution in [1.29, 1.82) is 0 Å². The highest BCUT2D eigenvalue weighted by atomic mass is 35.5. The molecule has 6 heterocycles. The number of aliphatic hydroxyl groups is 1. The van der Waals surface area contributed by atoms with E-state index in [1.807, 2.05) is 24.0 Å². The first kappa shape index (κ1) is 34.0. The molecule has 0 amide bonds. The van der Waals surface area contributed by atoms with E-state index in [1.165, 1.54) is 10.9 Å². The maximum atomic E-state index is 13.5. The summed E-state index contributed by atoms with van der Waals surface area (Å²) < 4.78 is 6.54. The van der Waals surface area contributed by atoms with E-state index in [0.717, 1.165) is 42.1 Å². The summed E-state index contributed by atoms with van der Waals surface area (Å²) in [4.78, 5) is 41.0. The number of methoxy groups -OCH3 is 1. The van der Waals surface area contributed by atoms with Crippen molar-refractivity contribution in [3.63, 3.8) is 0 Å². The van der Waals surface area contributed by atoms with Crippen LogP contribution in [0, 0.1) is 0 Å². The Morgan fingerprint density at radius 1 is 0.938 bits per heavy atom. The largest absolute Gasteiger partial charge is 0.389 e. The van der Waals surface area contributed by atoms with Crippen LogP contribution in [-0.2, 0) is 30.7 Å². The van der Waals surface area contributed by atoms with Gasteiger partial charge in [-0.25, -0.2) is 10.1 Å². The summed E-state index contributed by atoms with van der Waals surface area (Å²) in [6, 6.07) is 7.67. The van der Waals surface area contributed by atoms with Gasteiger partial charge in [0.2, 0.25) is 0 Å². The first-order valence-electron chi connectivity index (χ1n) is 16.1. The number of anilines is 2. The molecule has 13 nitrogen and oxygen atoms in total. The second kappa shape index (κ2) is 14.7. The first-order valence-corrected chi connectivity index (χ1v) is 16.8. The number of ether oxygens (including phenoxy) is 1. The Morgan fingerprint density at radius 3 is 2.40 bits per heavy atom. The van der Waals surface area contributed by atoms with Crippen LogP contribution in [0.5, 0.6) is 0 Å². The lowest BCUT2D eigenvalue weighted by atomic mass is 9.84. The predicted molar refractivity (Wildman–Crippen MR) is 184 cm³/mol. The van der Waals surface area contributed by atoms with Crippen molar-refractivity contribution in [3.8, 4) is 5.82 Å². The monoisotopic (exact) mass is 695 g/mol. The maximum Gasteiger partial charge on any atom is 0.293 e. The van der Waals surface area contributed by atoms with E-state index in [0.29, 0.717) is 75.7 Å². The SMILES string of the molecule is CCc1nc(-n2ncc(N3CCN(Cc4cccnc4COC)CC3)c(Cl)c2=O)ccc1CC1(O)CCN(c2cn[nH]c(=O)c2Cl)CC1. The van der Waals surface area contributed by atoms with E-state index in [2.05, 4.69) is 36.1 Å². The molecule has 0 spiro atoms. The van der Waals surface area contributed by atoms with Crippen molar-refractivity contribution >= 4 is 34.6 Å². The standard InChI is InChI=1S/C33H39Cl2N9O4/c1-3-24-22(17-33(47)8-11-42(12-9-33)26-18-37-40-31(45)29(26)34)6-7-28(39-24)44-32(46)30(35)27(19-38-44)43-15-13-41(14-16-43)20-23-5-4-10-36-25(23)21-48-2/h4-7,10,18-19,47H,3,8-9,11-17,20-21H2,1-2H3,(H,40,45). The highest BCUT2D eigenvalue weighted by molar-refractivity contribution is 6.33. The summed E-state index contributed by atoms with van der Waals surface area (Å²) >= 11 is 12.9. The van der Waals surface area contributed by atoms with Crippen molar-refractivity contribution in [3.05, 3.63) is 96.1 Å². The summed E-state index contributed by atoms with van der Waals surface area (Å²) in [6.45, 7) is 7.27. The number of aromatic amines is 1. The van der Waals surface area contributed by atoms with E-state index in [-0.39, 0.29) is 10.0 Å². The smallest absolute Gasteiger partial charge is 0.293 e. The van der Waals surface area contributed by atoms with Gasteiger partial charge in [-0.05, 0) is 42.5 Å². The summed E-state index contributed by atoms with van der Waals surface area (Å²) in [6.07, 6.45) is 6.92. The molecule has 15 heteroatoms. The number of aromatic nitrogens is 6. The highest BCUT2D eigenvalue weighted by Crippen LogP contribution is 2.32. The van der Waals surface area contributed by atoms with Crippen LogP contribution in [0.15, 0.2) is 52.4 Å². The Hall–Kier alpha value is -3.88. The van der Waals surface area contributed by atoms with E-state index in [1.54, 1.807) is 25.6 Å². The second-order valence-corrected chi connectivity index (χ2v) is 13.0. The van der Waals surface area contributed by atoms with Crippen LogP contribution in [0.2, 0.25) is 10.0 Å². The van der Waals surface area contributed by atoms with Gasteiger partial charge in [0.1, 0.15) is 10.0 Å². The summed E-state index contributed by atoms with van der Waals surface area (Å²) in [7, 11) is 1.67. The summed E-state index contributed by atoms with van der Waals surface area (Å²) in [5.74, 6) is 0.375. The predicted octanol–water partition coefficient (Wildman–Crippen LogP) is 3.02. The van der Waals surface area contributed by atoms with Crippen molar-refractivity contribution in [2.75, 3.05) is 56.2 Å². The molecule has 254 valence electrons. The lowest BCUT2D eigenvalue weighted by Gasteiger charge is -2.39. The minimum Gasteiger partial charge on any atom is -0.389 e. The molecule has 2 saturated heterocycles. The highest BCUT2D eigenvalue weighted by Gasteiger charge is 2.34. The molecule has 2 N–H and O–H groups in total. The van der Waals surface area contributed by atoms with Gasteiger partial charge in [-0.1, -0.05) is 42.3 Å². The van der Waals surface area contributed by atoms with E-state index in [9.17, 15) is 14.7 Å². The van der Waals surface area contributed by atoms with Gasteiger partial charge in [0.25, 0.3) is 11.1 Å². The number of halogens is 2. The third-order valence-corrected chi connectivity index (χ3v) is 9.93. The molecule has 2 aliphatic heterocycles. The van der Waals surface area contributed by atoms with Gasteiger partial charge < -0.3 is 19.6 Å². The van der Waals surface area contributed by atoms with Crippen LogP contribution in [0.4, 0.5) is 11.4 Å². The Balaban J connectivity index is 1.11. The van der Waals surface area contributed by atoms with Gasteiger partial charge in [0.05, 0.1) is 41.7 Å². The van der Waals surface area contributed by atoms with Crippen molar-refractivity contribution in [2.24, 2.45) is 0 Å². The number of piperazine rings is 1. The second-order valence-electron chi connectivity index (χ2n) is 12.3. The molecule has 2 aliphatic rings. The van der Waals surface area contributed by atoms with Gasteiger partial charge >= 0.3 is 0 Å². The molecule has 4 aromatic heterocycles. The average molecular weight is 697 g/mol. The fourth-order valence-corrected chi connectivity index (χ4v) is 6.93. The van der Waals surface area contributed by atoms with Crippen LogP contribution < -0.4 is 20.9 Å². The fraction of sp³-hybridized carbons (Fsp3) is 0.455. The minimum absolute atomic E-state index is 0.0944. The summed E-state index contributed by atoms with van der Waals surface area (Å²) in [5.41, 5.74) is 3.10. The van der Waals surface area contributed by atoms with Crippen LogP contribution in [0.1, 0.15) is 42.3 Å². The van der Waals surface area contributed by atoms with Gasteiger partial charge in [-0.3, -0.25) is 19.5 Å². The topological polar surface area (TPSA) is 146 Å². The number of H-pyrrole nitrogens is 1. The zero-order valence-electron chi connectivity index (χ0n) is 27.0. The molecule has 0 saturated carbocycles. The molecule has 4 aromatic rings.